The van der Waals surface area contributed by atoms with Gasteiger partial charge in [0.05, 0.1) is 12.2 Å². The zero-order chi connectivity index (χ0) is 20.6. The molecule has 0 bridgehead atoms. The fourth-order valence-electron chi connectivity index (χ4n) is 2.60. The molecule has 29 heavy (non-hydrogen) atoms. The number of esters is 1. The second-order valence-corrected chi connectivity index (χ2v) is 6.31. The van der Waals surface area contributed by atoms with Crippen LogP contribution in [0.2, 0.25) is 0 Å². The van der Waals surface area contributed by atoms with Crippen LogP contribution in [0.15, 0.2) is 78.9 Å². The van der Waals surface area contributed by atoms with Crippen molar-refractivity contribution in [2.45, 2.75) is 13.3 Å². The number of rotatable bonds is 8. The molecule has 0 aromatic heterocycles. The third kappa shape index (κ3) is 5.17. The second-order valence-electron chi connectivity index (χ2n) is 6.31. The number of hydrogen-bond acceptors (Lipinski definition) is 5. The van der Waals surface area contributed by atoms with E-state index in [9.17, 15) is 14.4 Å². The lowest BCUT2D eigenvalue weighted by molar-refractivity contribution is 0.0734. The fraction of sp³-hybridized carbons (Fsp3) is 0.125. The summed E-state index contributed by atoms with van der Waals surface area (Å²) in [5.74, 6) is -0.679. The molecular weight excluding hydrogens is 368 g/mol. The fourth-order valence-corrected chi connectivity index (χ4v) is 2.60. The van der Waals surface area contributed by atoms with Crippen LogP contribution < -0.4 is 9.47 Å². The lowest BCUT2D eigenvalue weighted by atomic mass is 10.0. The van der Waals surface area contributed by atoms with E-state index >= 15 is 0 Å². The Morgan fingerprint density at radius 3 is 1.76 bits per heavy atom. The van der Waals surface area contributed by atoms with Gasteiger partial charge in [0.1, 0.15) is 11.5 Å². The maximum Gasteiger partial charge on any atom is 0.343 e. The summed E-state index contributed by atoms with van der Waals surface area (Å²) in [5.41, 5.74) is 0.820. The van der Waals surface area contributed by atoms with Gasteiger partial charge in [-0.25, -0.2) is 4.79 Å². The van der Waals surface area contributed by atoms with Crippen molar-refractivity contribution in [3.05, 3.63) is 95.6 Å². The van der Waals surface area contributed by atoms with Gasteiger partial charge in [0, 0.05) is 11.1 Å². The SMILES string of the molecule is CCCOc1ccc(OC(=O)c2ccc(C(=O)C(=O)c3ccccc3)cc2)cc1. The Kier molecular flexibility index (Phi) is 6.53. The van der Waals surface area contributed by atoms with Gasteiger partial charge in [0.2, 0.25) is 11.6 Å². The normalized spacial score (nSPS) is 10.2. The summed E-state index contributed by atoms with van der Waals surface area (Å²) in [6.45, 7) is 2.64. The quantitative estimate of drug-likeness (QED) is 0.241. The van der Waals surface area contributed by atoms with E-state index in [0.29, 0.717) is 23.7 Å². The third-order valence-corrected chi connectivity index (χ3v) is 4.13. The Balaban J connectivity index is 1.64. The first-order chi connectivity index (χ1) is 14.1. The van der Waals surface area contributed by atoms with Crippen LogP contribution in [0, 0.1) is 0 Å². The van der Waals surface area contributed by atoms with Crippen LogP contribution in [-0.2, 0) is 0 Å². The van der Waals surface area contributed by atoms with Crippen molar-refractivity contribution < 1.29 is 23.9 Å². The van der Waals surface area contributed by atoms with Crippen LogP contribution in [0.4, 0.5) is 0 Å². The standard InChI is InChI=1S/C24H20O5/c1-2-16-28-20-12-14-21(15-13-20)29-24(27)19-10-8-18(9-11-19)23(26)22(25)17-6-4-3-5-7-17/h3-15H,2,16H2,1H3. The third-order valence-electron chi connectivity index (χ3n) is 4.13. The summed E-state index contributed by atoms with van der Waals surface area (Å²) in [5, 5.41) is 0. The van der Waals surface area contributed by atoms with E-state index in [4.69, 9.17) is 9.47 Å². The smallest absolute Gasteiger partial charge is 0.343 e. The first-order valence-electron chi connectivity index (χ1n) is 9.27. The molecule has 5 nitrogen and oxygen atoms in total. The minimum Gasteiger partial charge on any atom is -0.494 e. The van der Waals surface area contributed by atoms with E-state index in [2.05, 4.69) is 0 Å². The number of benzene rings is 3. The van der Waals surface area contributed by atoms with Gasteiger partial charge in [0.25, 0.3) is 0 Å². The Bertz CT molecular complexity index is 990. The zero-order valence-electron chi connectivity index (χ0n) is 16.0. The lowest BCUT2D eigenvalue weighted by Gasteiger charge is -2.07. The molecule has 3 aromatic rings. The first kappa shape index (κ1) is 20.0. The molecule has 3 rings (SSSR count). The molecule has 0 heterocycles. The van der Waals surface area contributed by atoms with E-state index in [0.717, 1.165) is 6.42 Å². The van der Waals surface area contributed by atoms with Gasteiger partial charge in [-0.2, -0.15) is 0 Å². The molecule has 146 valence electrons. The Hall–Kier alpha value is -3.73. The number of hydrogen-bond donors (Lipinski definition) is 0. The summed E-state index contributed by atoms with van der Waals surface area (Å²) >= 11 is 0. The molecule has 0 spiro atoms. The van der Waals surface area contributed by atoms with Gasteiger partial charge < -0.3 is 9.47 Å². The van der Waals surface area contributed by atoms with Crippen molar-refractivity contribution in [2.75, 3.05) is 6.61 Å². The van der Waals surface area contributed by atoms with Gasteiger partial charge in [-0.15, -0.1) is 0 Å². The highest BCUT2D eigenvalue weighted by Gasteiger charge is 2.18. The van der Waals surface area contributed by atoms with E-state index in [1.165, 1.54) is 24.3 Å². The van der Waals surface area contributed by atoms with Crippen molar-refractivity contribution in [3.63, 3.8) is 0 Å². The van der Waals surface area contributed by atoms with Crippen molar-refractivity contribution in [2.24, 2.45) is 0 Å². The molecule has 0 radical (unpaired) electrons. The summed E-state index contributed by atoms with van der Waals surface area (Å²) in [4.78, 5) is 36.9. The van der Waals surface area contributed by atoms with Gasteiger partial charge >= 0.3 is 5.97 Å². The van der Waals surface area contributed by atoms with Crippen LogP contribution in [0.1, 0.15) is 44.4 Å². The molecular formula is C24H20O5. The highest BCUT2D eigenvalue weighted by Crippen LogP contribution is 2.19. The average molecular weight is 388 g/mol. The van der Waals surface area contributed by atoms with E-state index in [-0.39, 0.29) is 11.1 Å². The van der Waals surface area contributed by atoms with E-state index in [1.54, 1.807) is 54.6 Å². The zero-order valence-corrected chi connectivity index (χ0v) is 16.0. The van der Waals surface area contributed by atoms with Crippen molar-refractivity contribution in [1.82, 2.24) is 0 Å². The number of ether oxygens (including phenoxy) is 2. The van der Waals surface area contributed by atoms with Crippen LogP contribution in [-0.4, -0.2) is 24.1 Å². The van der Waals surface area contributed by atoms with Crippen LogP contribution in [0.3, 0.4) is 0 Å². The molecule has 0 atom stereocenters. The van der Waals surface area contributed by atoms with E-state index in [1.807, 2.05) is 6.92 Å². The molecule has 5 heteroatoms. The van der Waals surface area contributed by atoms with Crippen molar-refractivity contribution >= 4 is 17.5 Å². The molecule has 0 aliphatic carbocycles. The number of carbonyl (C=O) groups is 3. The molecule has 0 saturated heterocycles. The number of ketones is 2. The topological polar surface area (TPSA) is 69.7 Å². The summed E-state index contributed by atoms with van der Waals surface area (Å²) in [6.07, 6.45) is 0.909. The second kappa shape index (κ2) is 9.46. The lowest BCUT2D eigenvalue weighted by Crippen LogP contribution is -2.15. The summed E-state index contributed by atoms with van der Waals surface area (Å²) in [6, 6.07) is 20.9. The maximum atomic E-state index is 12.3. The molecule has 0 aliphatic heterocycles. The first-order valence-corrected chi connectivity index (χ1v) is 9.27. The number of carbonyl (C=O) groups excluding carboxylic acids is 3. The van der Waals surface area contributed by atoms with Gasteiger partial charge in [-0.3, -0.25) is 9.59 Å². The van der Waals surface area contributed by atoms with Gasteiger partial charge in [-0.1, -0.05) is 49.4 Å². The monoisotopic (exact) mass is 388 g/mol. The Morgan fingerprint density at radius 1 is 0.655 bits per heavy atom. The molecule has 0 fully saturated rings. The molecule has 3 aromatic carbocycles. The van der Waals surface area contributed by atoms with Crippen molar-refractivity contribution in [1.29, 1.82) is 0 Å². The number of Topliss-reactive ketones (excluding diaryl/α,β-unsaturated/α-hetero) is 2. The predicted molar refractivity (Wildman–Crippen MR) is 109 cm³/mol. The summed E-state index contributed by atoms with van der Waals surface area (Å²) in [7, 11) is 0. The van der Waals surface area contributed by atoms with Gasteiger partial charge in [0.15, 0.2) is 0 Å². The highest BCUT2D eigenvalue weighted by atomic mass is 16.5. The minimum absolute atomic E-state index is 0.216. The van der Waals surface area contributed by atoms with Gasteiger partial charge in [-0.05, 0) is 42.8 Å². The summed E-state index contributed by atoms with van der Waals surface area (Å²) < 4.78 is 10.8. The minimum atomic E-state index is -0.626. The van der Waals surface area contributed by atoms with Crippen molar-refractivity contribution in [3.8, 4) is 11.5 Å². The van der Waals surface area contributed by atoms with E-state index < -0.39 is 17.5 Å². The molecule has 0 N–H and O–H groups in total. The average Bonchev–Trinajstić information content (AvgIpc) is 2.78. The largest absolute Gasteiger partial charge is 0.494 e. The maximum absolute atomic E-state index is 12.3. The van der Waals surface area contributed by atoms with Crippen LogP contribution >= 0.6 is 0 Å². The molecule has 0 aliphatic rings. The highest BCUT2D eigenvalue weighted by molar-refractivity contribution is 6.49. The van der Waals surface area contributed by atoms with Crippen LogP contribution in [0.5, 0.6) is 11.5 Å². The molecule has 0 saturated carbocycles. The molecule has 0 unspecified atom stereocenters. The Morgan fingerprint density at radius 2 is 1.17 bits per heavy atom. The Labute approximate surface area is 168 Å². The predicted octanol–water partition coefficient (Wildman–Crippen LogP) is 4.76. The molecule has 0 amide bonds. The van der Waals surface area contributed by atoms with Crippen LogP contribution in [0.25, 0.3) is 0 Å².